The van der Waals surface area contributed by atoms with Crippen molar-refractivity contribution in [3.05, 3.63) is 53.9 Å². The molecule has 1 fully saturated rings. The number of hydrogen-bond acceptors (Lipinski definition) is 4. The van der Waals surface area contributed by atoms with Gasteiger partial charge in [0.25, 0.3) is 0 Å². The Morgan fingerprint density at radius 2 is 1.90 bits per heavy atom. The Hall–Kier alpha value is -2.21. The maximum atomic E-state index is 12.9. The lowest BCUT2D eigenvalue weighted by Crippen LogP contribution is -2.05. The molecule has 1 saturated carbocycles. The lowest BCUT2D eigenvalue weighted by Gasteiger charge is -2.12. The first-order valence-corrected chi connectivity index (χ1v) is 8.12. The monoisotopic (exact) mass is 302 g/mol. The van der Waals surface area contributed by atoms with Gasteiger partial charge in [0, 0.05) is 12.4 Å². The molecule has 1 aliphatic carbocycles. The van der Waals surface area contributed by atoms with Gasteiger partial charge in [0.15, 0.2) is 0 Å². The molecular formula is C15H14N2O3S. The van der Waals surface area contributed by atoms with Crippen LogP contribution in [-0.2, 0) is 9.73 Å². The molecule has 3 rings (SSSR count). The number of rotatable bonds is 4. The predicted molar refractivity (Wildman–Crippen MR) is 77.0 cm³/mol. The van der Waals surface area contributed by atoms with Crippen molar-refractivity contribution in [2.75, 3.05) is 0 Å². The van der Waals surface area contributed by atoms with Crippen molar-refractivity contribution in [3.63, 3.8) is 0 Å². The van der Waals surface area contributed by atoms with E-state index in [1.54, 1.807) is 6.20 Å². The summed E-state index contributed by atoms with van der Waals surface area (Å²) < 4.78 is 21.2. The second-order valence-electron chi connectivity index (χ2n) is 5.07. The van der Waals surface area contributed by atoms with Gasteiger partial charge in [-0.3, -0.25) is 4.98 Å². The Balaban J connectivity index is 2.06. The Labute approximate surface area is 122 Å². The van der Waals surface area contributed by atoms with Crippen molar-refractivity contribution in [2.24, 2.45) is 0 Å². The van der Waals surface area contributed by atoms with Crippen LogP contribution in [0.2, 0.25) is 0 Å². The minimum atomic E-state index is -3.17. The predicted octanol–water partition coefficient (Wildman–Crippen LogP) is 3.12. The zero-order chi connectivity index (χ0) is 15.0. The molecule has 1 aromatic heterocycles. The zero-order valence-electron chi connectivity index (χ0n) is 11.2. The number of aromatic carboxylic acids is 1. The van der Waals surface area contributed by atoms with Crippen LogP contribution in [0.3, 0.4) is 0 Å². The summed E-state index contributed by atoms with van der Waals surface area (Å²) >= 11 is 0. The van der Waals surface area contributed by atoms with E-state index in [4.69, 9.17) is 9.89 Å². The first kappa shape index (κ1) is 13.8. The highest BCUT2D eigenvalue weighted by molar-refractivity contribution is 7.92. The first-order chi connectivity index (χ1) is 10.00. The van der Waals surface area contributed by atoms with Crippen LogP contribution in [0.5, 0.6) is 0 Å². The van der Waals surface area contributed by atoms with Crippen molar-refractivity contribution >= 4 is 15.7 Å². The highest BCUT2D eigenvalue weighted by atomic mass is 32.2. The quantitative estimate of drug-likeness (QED) is 0.907. The fourth-order valence-corrected chi connectivity index (χ4v) is 3.83. The summed E-state index contributed by atoms with van der Waals surface area (Å²) in [6, 6.07) is 7.47. The molecule has 1 aromatic carbocycles. The van der Waals surface area contributed by atoms with E-state index < -0.39 is 15.7 Å². The number of nitrogens with zero attached hydrogens (tertiary/aromatic N) is 1. The fraction of sp³-hybridized carbons (Fsp3) is 0.200. The van der Waals surface area contributed by atoms with Gasteiger partial charge in [0.2, 0.25) is 0 Å². The summed E-state index contributed by atoms with van der Waals surface area (Å²) in [4.78, 5) is 15.6. The smallest absolute Gasteiger partial charge is 0.335 e. The van der Waals surface area contributed by atoms with Crippen molar-refractivity contribution in [2.45, 2.75) is 28.6 Å². The maximum Gasteiger partial charge on any atom is 0.335 e. The Morgan fingerprint density at radius 3 is 2.48 bits per heavy atom. The largest absolute Gasteiger partial charge is 0.478 e. The molecule has 5 nitrogen and oxygen atoms in total. The molecule has 6 heteroatoms. The van der Waals surface area contributed by atoms with Gasteiger partial charge in [-0.1, -0.05) is 0 Å². The van der Waals surface area contributed by atoms with Gasteiger partial charge in [-0.15, -0.1) is 0 Å². The van der Waals surface area contributed by atoms with E-state index >= 15 is 0 Å². The Morgan fingerprint density at radius 1 is 1.24 bits per heavy atom. The lowest BCUT2D eigenvalue weighted by atomic mass is 10.2. The summed E-state index contributed by atoms with van der Waals surface area (Å²) in [5.41, 5.74) is 1.04. The minimum absolute atomic E-state index is 0.113. The van der Waals surface area contributed by atoms with Gasteiger partial charge in [0.05, 0.1) is 15.4 Å². The third-order valence-electron chi connectivity index (χ3n) is 3.58. The molecule has 0 saturated heterocycles. The number of carboxylic acid groups (broad SMARTS) is 1. The normalized spacial score (nSPS) is 17.1. The number of hydrogen-bond donors (Lipinski definition) is 2. The molecule has 0 bridgehead atoms. The highest BCUT2D eigenvalue weighted by Gasteiger charge is 2.29. The highest BCUT2D eigenvalue weighted by Crippen LogP contribution is 2.43. The standard InChI is InChI=1S/C15H14N2O3S/c16-21(20,12-5-3-11(4-6-12)15(18)19)14-9-17-8-7-13(14)10-1-2-10/h3-10,16H,1-2H2,(H,18,19). The average molecular weight is 302 g/mol. The van der Waals surface area contributed by atoms with Crippen LogP contribution in [0, 0.1) is 4.78 Å². The zero-order valence-corrected chi connectivity index (χ0v) is 12.0. The van der Waals surface area contributed by atoms with E-state index in [1.807, 2.05) is 6.07 Å². The van der Waals surface area contributed by atoms with Gasteiger partial charge in [-0.25, -0.2) is 13.8 Å². The van der Waals surface area contributed by atoms with E-state index in [1.165, 1.54) is 30.5 Å². The van der Waals surface area contributed by atoms with Gasteiger partial charge in [-0.2, -0.15) is 0 Å². The van der Waals surface area contributed by atoms with E-state index in [0.717, 1.165) is 18.4 Å². The molecule has 2 N–H and O–H groups in total. The molecule has 1 heterocycles. The van der Waals surface area contributed by atoms with Crippen molar-refractivity contribution in [1.82, 2.24) is 4.98 Å². The molecule has 21 heavy (non-hydrogen) atoms. The Kier molecular flexibility index (Phi) is 3.25. The molecule has 2 aromatic rings. The van der Waals surface area contributed by atoms with E-state index in [0.29, 0.717) is 15.7 Å². The average Bonchev–Trinajstić information content (AvgIpc) is 3.32. The molecular weight excluding hydrogens is 288 g/mol. The van der Waals surface area contributed by atoms with Crippen molar-refractivity contribution < 1.29 is 14.1 Å². The molecule has 1 aliphatic rings. The summed E-state index contributed by atoms with van der Waals surface area (Å²) in [7, 11) is -3.17. The van der Waals surface area contributed by atoms with Crippen LogP contribution in [0.4, 0.5) is 0 Å². The van der Waals surface area contributed by atoms with Crippen LogP contribution in [0.15, 0.2) is 52.5 Å². The van der Waals surface area contributed by atoms with Gasteiger partial charge in [-0.05, 0) is 54.7 Å². The van der Waals surface area contributed by atoms with Crippen LogP contribution in [-0.4, -0.2) is 20.3 Å². The number of carbonyl (C=O) groups is 1. The number of benzene rings is 1. The topological polar surface area (TPSA) is 91.1 Å². The van der Waals surface area contributed by atoms with E-state index in [9.17, 15) is 9.00 Å². The van der Waals surface area contributed by atoms with Gasteiger partial charge >= 0.3 is 5.97 Å². The number of carboxylic acids is 1. The maximum absolute atomic E-state index is 12.9. The van der Waals surface area contributed by atoms with Crippen LogP contribution >= 0.6 is 0 Å². The molecule has 1 unspecified atom stereocenters. The van der Waals surface area contributed by atoms with Crippen LogP contribution < -0.4 is 0 Å². The second kappa shape index (κ2) is 4.96. The molecule has 0 amide bonds. The third-order valence-corrected chi connectivity index (χ3v) is 5.47. The van der Waals surface area contributed by atoms with E-state index in [2.05, 4.69) is 4.98 Å². The van der Waals surface area contributed by atoms with Gasteiger partial charge < -0.3 is 5.11 Å². The summed E-state index contributed by atoms with van der Waals surface area (Å²) in [5, 5.41) is 8.89. The number of pyridine rings is 1. The summed E-state index contributed by atoms with van der Waals surface area (Å²) in [6.45, 7) is 0. The van der Waals surface area contributed by atoms with Crippen LogP contribution in [0.25, 0.3) is 0 Å². The first-order valence-electron chi connectivity index (χ1n) is 6.56. The SMILES string of the molecule is N=S(=O)(c1ccc(C(=O)O)cc1)c1cnccc1C1CC1. The minimum Gasteiger partial charge on any atom is -0.478 e. The Bertz CT molecular complexity index is 794. The van der Waals surface area contributed by atoms with E-state index in [-0.39, 0.29) is 5.56 Å². The van der Waals surface area contributed by atoms with Crippen molar-refractivity contribution in [3.8, 4) is 0 Å². The molecule has 0 spiro atoms. The molecule has 108 valence electrons. The second-order valence-corrected chi connectivity index (χ2v) is 7.10. The van der Waals surface area contributed by atoms with Crippen molar-refractivity contribution in [1.29, 1.82) is 4.78 Å². The van der Waals surface area contributed by atoms with Gasteiger partial charge in [0.1, 0.15) is 9.73 Å². The molecule has 0 aliphatic heterocycles. The third kappa shape index (κ3) is 2.54. The van der Waals surface area contributed by atoms with Crippen LogP contribution in [0.1, 0.15) is 34.7 Å². The molecule has 0 radical (unpaired) electrons. The fourth-order valence-electron chi connectivity index (χ4n) is 2.28. The number of aromatic nitrogens is 1. The summed E-state index contributed by atoms with van der Waals surface area (Å²) in [6.07, 6.45) is 5.24. The lowest BCUT2D eigenvalue weighted by molar-refractivity contribution is 0.0697. The number of nitrogens with one attached hydrogen (secondary N) is 1. The summed E-state index contributed by atoms with van der Waals surface area (Å²) in [5.74, 6) is -0.675. The molecule has 1 atom stereocenters.